The summed E-state index contributed by atoms with van der Waals surface area (Å²) in [6.45, 7) is 9.39. The summed E-state index contributed by atoms with van der Waals surface area (Å²) in [7, 11) is 0. The molecule has 1 aliphatic heterocycles. The highest BCUT2D eigenvalue weighted by Crippen LogP contribution is 2.23. The summed E-state index contributed by atoms with van der Waals surface area (Å²) in [5.74, 6) is 0.766. The van der Waals surface area contributed by atoms with Crippen molar-refractivity contribution in [3.63, 3.8) is 0 Å². The van der Waals surface area contributed by atoms with Gasteiger partial charge in [0.1, 0.15) is 0 Å². The number of likely N-dealkylation sites (tertiary alicyclic amines) is 1. The molecule has 1 aromatic rings. The van der Waals surface area contributed by atoms with Gasteiger partial charge < -0.3 is 0 Å². The van der Waals surface area contributed by atoms with E-state index in [1.54, 1.807) is 0 Å². The predicted molar refractivity (Wildman–Crippen MR) is 84.3 cm³/mol. The van der Waals surface area contributed by atoms with E-state index in [0.717, 1.165) is 5.56 Å². The Labute approximate surface area is 123 Å². The van der Waals surface area contributed by atoms with E-state index in [-0.39, 0.29) is 5.78 Å². The average molecular weight is 273 g/mol. The van der Waals surface area contributed by atoms with Crippen LogP contribution in [0.15, 0.2) is 24.3 Å². The molecule has 0 radical (unpaired) electrons. The first-order valence-electron chi connectivity index (χ1n) is 7.88. The topological polar surface area (TPSA) is 20.3 Å². The maximum absolute atomic E-state index is 12.4. The summed E-state index contributed by atoms with van der Waals surface area (Å²) in [4.78, 5) is 14.8. The third kappa shape index (κ3) is 3.49. The zero-order chi connectivity index (χ0) is 14.7. The molecular formula is C18H27NO. The molecule has 2 heteroatoms. The maximum atomic E-state index is 12.4. The summed E-state index contributed by atoms with van der Waals surface area (Å²) < 4.78 is 0. The van der Waals surface area contributed by atoms with Crippen LogP contribution in [0.4, 0.5) is 0 Å². The fourth-order valence-electron chi connectivity index (χ4n) is 3.10. The maximum Gasteiger partial charge on any atom is 0.176 e. The molecule has 1 heterocycles. The van der Waals surface area contributed by atoms with Crippen LogP contribution in [0.5, 0.6) is 0 Å². The van der Waals surface area contributed by atoms with Crippen molar-refractivity contribution in [3.8, 4) is 0 Å². The molecule has 1 saturated heterocycles. The van der Waals surface area contributed by atoms with E-state index in [4.69, 9.17) is 0 Å². The Kier molecular flexibility index (Phi) is 4.98. The summed E-state index contributed by atoms with van der Waals surface area (Å²) in [5, 5.41) is 0. The quantitative estimate of drug-likeness (QED) is 0.764. The van der Waals surface area contributed by atoms with Crippen LogP contribution < -0.4 is 0 Å². The molecule has 1 aliphatic rings. The Bertz CT molecular complexity index is 439. The Morgan fingerprint density at radius 2 is 1.70 bits per heavy atom. The van der Waals surface area contributed by atoms with Crippen LogP contribution in [-0.4, -0.2) is 29.3 Å². The first-order chi connectivity index (χ1) is 9.49. The molecule has 2 nitrogen and oxygen atoms in total. The van der Waals surface area contributed by atoms with Gasteiger partial charge in [-0.05, 0) is 38.2 Å². The van der Waals surface area contributed by atoms with Crippen molar-refractivity contribution in [1.82, 2.24) is 4.90 Å². The van der Waals surface area contributed by atoms with Gasteiger partial charge in [-0.1, -0.05) is 44.5 Å². The minimum absolute atomic E-state index is 0.251. The van der Waals surface area contributed by atoms with E-state index < -0.39 is 0 Å². The average Bonchev–Trinajstić information content (AvgIpc) is 2.43. The molecule has 0 saturated carbocycles. The summed E-state index contributed by atoms with van der Waals surface area (Å²) >= 11 is 0. The number of hydrogen-bond donors (Lipinski definition) is 0. The van der Waals surface area contributed by atoms with Crippen molar-refractivity contribution in [3.05, 3.63) is 35.4 Å². The number of nitrogens with zero attached hydrogens (tertiary/aromatic N) is 1. The lowest BCUT2D eigenvalue weighted by Crippen LogP contribution is -2.46. The van der Waals surface area contributed by atoms with Gasteiger partial charge in [-0.15, -0.1) is 0 Å². The second-order valence-corrected chi connectivity index (χ2v) is 6.50. The Morgan fingerprint density at radius 3 is 2.20 bits per heavy atom. The molecule has 2 rings (SSSR count). The highest BCUT2D eigenvalue weighted by atomic mass is 16.1. The second-order valence-electron chi connectivity index (χ2n) is 6.50. The van der Waals surface area contributed by atoms with E-state index in [2.05, 4.69) is 44.7 Å². The molecule has 1 aromatic carbocycles. The van der Waals surface area contributed by atoms with Crippen molar-refractivity contribution < 1.29 is 4.79 Å². The van der Waals surface area contributed by atoms with Crippen LogP contribution in [0, 0.1) is 0 Å². The minimum Gasteiger partial charge on any atom is -0.293 e. The summed E-state index contributed by atoms with van der Waals surface area (Å²) in [5.41, 5.74) is 2.14. The molecule has 0 spiro atoms. The molecule has 20 heavy (non-hydrogen) atoms. The lowest BCUT2D eigenvalue weighted by atomic mass is 9.96. The predicted octanol–water partition coefficient (Wildman–Crippen LogP) is 4.26. The molecule has 0 aliphatic carbocycles. The highest BCUT2D eigenvalue weighted by Gasteiger charge is 2.26. The van der Waals surface area contributed by atoms with Gasteiger partial charge in [-0.3, -0.25) is 9.69 Å². The van der Waals surface area contributed by atoms with Crippen LogP contribution in [0.25, 0.3) is 0 Å². The fourth-order valence-corrected chi connectivity index (χ4v) is 3.10. The standard InChI is InChI=1S/C18H27NO/c1-13(2)16-8-10-17(11-9-16)18(20)12-19-14(3)6-5-7-15(19)4/h8-11,13-15H,5-7,12H2,1-4H3. The van der Waals surface area contributed by atoms with Crippen molar-refractivity contribution >= 4 is 5.78 Å². The van der Waals surface area contributed by atoms with Gasteiger partial charge in [0.15, 0.2) is 5.78 Å². The lowest BCUT2D eigenvalue weighted by molar-refractivity contribution is 0.0734. The molecule has 1 fully saturated rings. The smallest absolute Gasteiger partial charge is 0.176 e. The minimum atomic E-state index is 0.251. The van der Waals surface area contributed by atoms with Crippen LogP contribution >= 0.6 is 0 Å². The van der Waals surface area contributed by atoms with Gasteiger partial charge >= 0.3 is 0 Å². The third-order valence-corrected chi connectivity index (χ3v) is 4.60. The number of piperidine rings is 1. The fraction of sp³-hybridized carbons (Fsp3) is 0.611. The Morgan fingerprint density at radius 1 is 1.15 bits per heavy atom. The molecule has 110 valence electrons. The number of rotatable bonds is 4. The highest BCUT2D eigenvalue weighted by molar-refractivity contribution is 5.97. The van der Waals surface area contributed by atoms with Crippen LogP contribution in [0.2, 0.25) is 0 Å². The molecule has 2 unspecified atom stereocenters. The third-order valence-electron chi connectivity index (χ3n) is 4.60. The molecule has 0 N–H and O–H groups in total. The molecule has 0 bridgehead atoms. The van der Waals surface area contributed by atoms with Gasteiger partial charge in [-0.2, -0.15) is 0 Å². The van der Waals surface area contributed by atoms with Gasteiger partial charge in [0, 0.05) is 17.6 Å². The van der Waals surface area contributed by atoms with Gasteiger partial charge in [0.2, 0.25) is 0 Å². The van der Waals surface area contributed by atoms with E-state index in [1.165, 1.54) is 24.8 Å². The number of carbonyl (C=O) groups is 1. The Balaban J connectivity index is 2.03. The Hall–Kier alpha value is -1.15. The van der Waals surface area contributed by atoms with Crippen molar-refractivity contribution in [2.75, 3.05) is 6.54 Å². The second kappa shape index (κ2) is 6.53. The van der Waals surface area contributed by atoms with Crippen LogP contribution in [-0.2, 0) is 0 Å². The normalized spacial score (nSPS) is 24.1. The van der Waals surface area contributed by atoms with Crippen molar-refractivity contribution in [2.45, 2.75) is 65.0 Å². The zero-order valence-electron chi connectivity index (χ0n) is 13.2. The first kappa shape index (κ1) is 15.2. The zero-order valence-corrected chi connectivity index (χ0v) is 13.2. The van der Waals surface area contributed by atoms with Gasteiger partial charge in [0.25, 0.3) is 0 Å². The van der Waals surface area contributed by atoms with Crippen molar-refractivity contribution in [2.24, 2.45) is 0 Å². The van der Waals surface area contributed by atoms with Crippen molar-refractivity contribution in [1.29, 1.82) is 0 Å². The molecule has 0 amide bonds. The number of hydrogen-bond acceptors (Lipinski definition) is 2. The number of carbonyl (C=O) groups excluding carboxylic acids is 1. The van der Waals surface area contributed by atoms with Gasteiger partial charge in [-0.25, -0.2) is 0 Å². The van der Waals surface area contributed by atoms with Gasteiger partial charge in [0.05, 0.1) is 6.54 Å². The van der Waals surface area contributed by atoms with Crippen LogP contribution in [0.1, 0.15) is 68.8 Å². The number of ketones is 1. The SMILES string of the molecule is CC(C)c1ccc(C(=O)CN2C(C)CCCC2C)cc1. The number of Topliss-reactive ketones (excluding diaryl/α,β-unsaturated/α-hetero) is 1. The first-order valence-corrected chi connectivity index (χ1v) is 7.88. The monoisotopic (exact) mass is 273 g/mol. The molecule has 2 atom stereocenters. The van der Waals surface area contributed by atoms with Crippen LogP contribution in [0.3, 0.4) is 0 Å². The molecular weight excluding hydrogens is 246 g/mol. The number of benzene rings is 1. The van der Waals surface area contributed by atoms with E-state index in [9.17, 15) is 4.79 Å². The molecule has 0 aromatic heterocycles. The largest absolute Gasteiger partial charge is 0.293 e. The lowest BCUT2D eigenvalue weighted by Gasteiger charge is -2.38. The van der Waals surface area contributed by atoms with E-state index in [0.29, 0.717) is 24.5 Å². The van der Waals surface area contributed by atoms with E-state index >= 15 is 0 Å². The summed E-state index contributed by atoms with van der Waals surface area (Å²) in [6, 6.07) is 9.19. The summed E-state index contributed by atoms with van der Waals surface area (Å²) in [6.07, 6.45) is 3.71. The van der Waals surface area contributed by atoms with E-state index in [1.807, 2.05) is 12.1 Å².